The number of amides is 1. The van der Waals surface area contributed by atoms with E-state index in [1.165, 1.54) is 24.3 Å². The summed E-state index contributed by atoms with van der Waals surface area (Å²) in [6.45, 7) is 0. The SMILES string of the molecule is O=C(Nc1cccc(S(=O)(=O)Nc2cccc(Cl)c2)c1)c1cccc(Cl)c1. The largest absolute Gasteiger partial charge is 0.322 e. The molecule has 0 aliphatic heterocycles. The molecule has 2 N–H and O–H groups in total. The highest BCUT2D eigenvalue weighted by atomic mass is 35.5. The fraction of sp³-hybridized carbons (Fsp3) is 0. The molecule has 0 radical (unpaired) electrons. The second kappa shape index (κ2) is 8.00. The second-order valence-electron chi connectivity index (χ2n) is 5.61. The van der Waals surface area contributed by atoms with E-state index in [4.69, 9.17) is 23.2 Å². The molecule has 0 aromatic heterocycles. The van der Waals surface area contributed by atoms with Crippen LogP contribution in [0.3, 0.4) is 0 Å². The number of sulfonamides is 1. The molecule has 0 saturated heterocycles. The summed E-state index contributed by atoms with van der Waals surface area (Å²) in [7, 11) is -3.84. The first-order valence-corrected chi connectivity index (χ1v) is 10.0. The van der Waals surface area contributed by atoms with E-state index in [1.54, 1.807) is 48.5 Å². The molecule has 3 aromatic carbocycles. The number of hydrogen-bond donors (Lipinski definition) is 2. The molecular weight excluding hydrogens is 407 g/mol. The topological polar surface area (TPSA) is 75.3 Å². The number of rotatable bonds is 5. The molecule has 0 bridgehead atoms. The lowest BCUT2D eigenvalue weighted by Gasteiger charge is -2.10. The lowest BCUT2D eigenvalue weighted by Crippen LogP contribution is -2.15. The van der Waals surface area contributed by atoms with E-state index in [0.717, 1.165) is 0 Å². The summed E-state index contributed by atoms with van der Waals surface area (Å²) >= 11 is 11.8. The van der Waals surface area contributed by atoms with Crippen LogP contribution in [-0.2, 0) is 10.0 Å². The van der Waals surface area contributed by atoms with Crippen molar-refractivity contribution in [2.75, 3.05) is 10.0 Å². The van der Waals surface area contributed by atoms with E-state index in [-0.39, 0.29) is 4.90 Å². The van der Waals surface area contributed by atoms with Gasteiger partial charge in [-0.25, -0.2) is 8.42 Å². The van der Waals surface area contributed by atoms with Crippen LogP contribution in [0.25, 0.3) is 0 Å². The van der Waals surface area contributed by atoms with Gasteiger partial charge in [0.2, 0.25) is 0 Å². The van der Waals surface area contributed by atoms with Crippen LogP contribution >= 0.6 is 23.2 Å². The molecule has 0 unspecified atom stereocenters. The Labute approximate surface area is 167 Å². The van der Waals surface area contributed by atoms with Gasteiger partial charge in [-0.15, -0.1) is 0 Å². The van der Waals surface area contributed by atoms with Crippen molar-refractivity contribution >= 4 is 50.5 Å². The average molecular weight is 421 g/mol. The zero-order valence-electron chi connectivity index (χ0n) is 13.8. The van der Waals surface area contributed by atoms with Crippen molar-refractivity contribution in [3.63, 3.8) is 0 Å². The lowest BCUT2D eigenvalue weighted by atomic mass is 10.2. The number of nitrogens with one attached hydrogen (secondary N) is 2. The number of carbonyl (C=O) groups is 1. The molecule has 0 aliphatic rings. The van der Waals surface area contributed by atoms with E-state index >= 15 is 0 Å². The molecular formula is C19H14Cl2N2O3S. The normalized spacial score (nSPS) is 11.0. The van der Waals surface area contributed by atoms with Crippen LogP contribution in [0.1, 0.15) is 10.4 Å². The van der Waals surface area contributed by atoms with Crippen LogP contribution in [0.15, 0.2) is 77.7 Å². The van der Waals surface area contributed by atoms with Crippen molar-refractivity contribution in [1.29, 1.82) is 0 Å². The Morgan fingerprint density at radius 3 is 2.11 bits per heavy atom. The van der Waals surface area contributed by atoms with Crippen LogP contribution in [0.4, 0.5) is 11.4 Å². The molecule has 138 valence electrons. The van der Waals surface area contributed by atoms with Crippen molar-refractivity contribution in [3.05, 3.63) is 88.4 Å². The van der Waals surface area contributed by atoms with Crippen molar-refractivity contribution in [2.24, 2.45) is 0 Å². The highest BCUT2D eigenvalue weighted by Gasteiger charge is 2.16. The minimum atomic E-state index is -3.84. The summed E-state index contributed by atoms with van der Waals surface area (Å²) in [5, 5.41) is 3.51. The molecule has 0 fully saturated rings. The van der Waals surface area contributed by atoms with Gasteiger partial charge in [0.05, 0.1) is 10.6 Å². The first kappa shape index (κ1) is 19.2. The van der Waals surface area contributed by atoms with Gasteiger partial charge in [0.15, 0.2) is 0 Å². The molecule has 8 heteroatoms. The number of benzene rings is 3. The third-order valence-corrected chi connectivity index (χ3v) is 5.42. The van der Waals surface area contributed by atoms with Gasteiger partial charge in [0.1, 0.15) is 0 Å². The van der Waals surface area contributed by atoms with Crippen LogP contribution in [0.2, 0.25) is 10.0 Å². The average Bonchev–Trinajstić information content (AvgIpc) is 2.61. The predicted molar refractivity (Wildman–Crippen MR) is 108 cm³/mol. The summed E-state index contributed by atoms with van der Waals surface area (Å²) in [6.07, 6.45) is 0. The lowest BCUT2D eigenvalue weighted by molar-refractivity contribution is 0.102. The molecule has 27 heavy (non-hydrogen) atoms. The number of hydrogen-bond acceptors (Lipinski definition) is 3. The highest BCUT2D eigenvalue weighted by Crippen LogP contribution is 2.22. The van der Waals surface area contributed by atoms with Gasteiger partial charge in [-0.05, 0) is 54.6 Å². The first-order valence-electron chi connectivity index (χ1n) is 7.79. The van der Waals surface area contributed by atoms with Crippen molar-refractivity contribution < 1.29 is 13.2 Å². The Bertz CT molecular complexity index is 1100. The number of carbonyl (C=O) groups excluding carboxylic acids is 1. The summed E-state index contributed by atoms with van der Waals surface area (Å²) in [6, 6.07) is 18.8. The Hall–Kier alpha value is -2.54. The van der Waals surface area contributed by atoms with Gasteiger partial charge < -0.3 is 5.32 Å². The maximum Gasteiger partial charge on any atom is 0.261 e. The monoisotopic (exact) mass is 420 g/mol. The molecule has 0 saturated carbocycles. The predicted octanol–water partition coefficient (Wildman–Crippen LogP) is 5.05. The summed E-state index contributed by atoms with van der Waals surface area (Å²) < 4.78 is 27.6. The van der Waals surface area contributed by atoms with Crippen molar-refractivity contribution in [2.45, 2.75) is 4.90 Å². The fourth-order valence-corrected chi connectivity index (χ4v) is 3.82. The van der Waals surface area contributed by atoms with Gasteiger partial charge >= 0.3 is 0 Å². The maximum atomic E-state index is 12.6. The summed E-state index contributed by atoms with van der Waals surface area (Å²) in [5.74, 6) is -0.394. The molecule has 0 heterocycles. The third kappa shape index (κ3) is 5.01. The van der Waals surface area contributed by atoms with E-state index in [9.17, 15) is 13.2 Å². The Kier molecular flexibility index (Phi) is 5.70. The molecule has 3 rings (SSSR count). The van der Waals surface area contributed by atoms with Gasteiger partial charge in [-0.2, -0.15) is 0 Å². The highest BCUT2D eigenvalue weighted by molar-refractivity contribution is 7.92. The van der Waals surface area contributed by atoms with Gasteiger partial charge in [-0.1, -0.05) is 41.4 Å². The van der Waals surface area contributed by atoms with E-state index in [2.05, 4.69) is 10.0 Å². The second-order valence-corrected chi connectivity index (χ2v) is 8.16. The first-order chi connectivity index (χ1) is 12.8. The molecule has 0 atom stereocenters. The quantitative estimate of drug-likeness (QED) is 0.606. The zero-order valence-corrected chi connectivity index (χ0v) is 16.1. The smallest absolute Gasteiger partial charge is 0.261 e. The Balaban J connectivity index is 1.81. The Morgan fingerprint density at radius 2 is 1.41 bits per heavy atom. The van der Waals surface area contributed by atoms with Crippen molar-refractivity contribution in [3.8, 4) is 0 Å². The van der Waals surface area contributed by atoms with E-state index < -0.39 is 15.9 Å². The molecule has 0 spiro atoms. The zero-order chi connectivity index (χ0) is 19.4. The summed E-state index contributed by atoms with van der Waals surface area (Å²) in [4.78, 5) is 12.3. The fourth-order valence-electron chi connectivity index (χ4n) is 2.34. The Morgan fingerprint density at radius 1 is 0.778 bits per heavy atom. The minimum Gasteiger partial charge on any atom is -0.322 e. The summed E-state index contributed by atoms with van der Waals surface area (Å²) in [5.41, 5.74) is 1.05. The standard InChI is InChI=1S/C19H14Cl2N2O3S/c20-14-5-1-4-13(10-14)19(24)22-16-7-3-9-18(12-16)27(25,26)23-17-8-2-6-15(21)11-17/h1-12,23H,(H,22,24). The van der Waals surface area contributed by atoms with Gasteiger partial charge in [0, 0.05) is 21.3 Å². The molecule has 0 aliphatic carbocycles. The van der Waals surface area contributed by atoms with E-state index in [1.807, 2.05) is 0 Å². The van der Waals surface area contributed by atoms with Crippen LogP contribution in [0.5, 0.6) is 0 Å². The third-order valence-electron chi connectivity index (χ3n) is 3.57. The number of anilines is 2. The van der Waals surface area contributed by atoms with E-state index in [0.29, 0.717) is 27.0 Å². The van der Waals surface area contributed by atoms with Crippen LogP contribution < -0.4 is 10.0 Å². The van der Waals surface area contributed by atoms with Crippen LogP contribution in [0, 0.1) is 0 Å². The maximum absolute atomic E-state index is 12.6. The molecule has 3 aromatic rings. The van der Waals surface area contributed by atoms with Gasteiger partial charge in [-0.3, -0.25) is 9.52 Å². The molecule has 1 amide bonds. The van der Waals surface area contributed by atoms with Gasteiger partial charge in [0.25, 0.3) is 15.9 Å². The molecule has 5 nitrogen and oxygen atoms in total. The minimum absolute atomic E-state index is 0.00590. The van der Waals surface area contributed by atoms with Crippen molar-refractivity contribution in [1.82, 2.24) is 0 Å². The van der Waals surface area contributed by atoms with Crippen LogP contribution in [-0.4, -0.2) is 14.3 Å². The number of halogens is 2.